The van der Waals surface area contributed by atoms with Crippen molar-refractivity contribution in [1.82, 2.24) is 10.6 Å². The highest BCUT2D eigenvalue weighted by Gasteiger charge is 2.38. The van der Waals surface area contributed by atoms with Crippen LogP contribution in [0.3, 0.4) is 0 Å². The monoisotopic (exact) mass is 354 g/mol. The van der Waals surface area contributed by atoms with Crippen molar-refractivity contribution in [2.75, 3.05) is 26.3 Å². The van der Waals surface area contributed by atoms with Gasteiger partial charge in [0.15, 0.2) is 5.54 Å². The normalized spacial score (nSPS) is 14.9. The van der Waals surface area contributed by atoms with Crippen LogP contribution in [0.25, 0.3) is 0 Å². The molecule has 0 bridgehead atoms. The van der Waals surface area contributed by atoms with Crippen molar-refractivity contribution in [1.29, 1.82) is 10.8 Å². The fraction of sp³-hybridized carbons (Fsp3) is 0.833. The lowest BCUT2D eigenvalue weighted by Crippen LogP contribution is -2.48. The molecular weight excluding hydrogens is 331 g/mol. The predicted molar refractivity (Wildman–Crippen MR) is 88.5 cm³/mol. The molecule has 0 aliphatic heterocycles. The highest BCUT2D eigenvalue weighted by molar-refractivity contribution is 6.46. The molecule has 0 saturated heterocycles. The lowest BCUT2D eigenvalue weighted by atomic mass is 10.0. The van der Waals surface area contributed by atoms with Crippen LogP contribution in [0, 0.1) is 10.8 Å². The SMILES string of the molecule is CC(C)(N=NC(C)(C(=N)NCCO)C(Cl)Cl)C(=N)NCCO. The molecule has 22 heavy (non-hydrogen) atoms. The Bertz CT molecular complexity index is 416. The van der Waals surface area contributed by atoms with Crippen molar-refractivity contribution in [3.05, 3.63) is 0 Å². The van der Waals surface area contributed by atoms with Crippen LogP contribution in [-0.2, 0) is 0 Å². The summed E-state index contributed by atoms with van der Waals surface area (Å²) in [6, 6.07) is 0. The molecule has 8 nitrogen and oxygen atoms in total. The van der Waals surface area contributed by atoms with E-state index in [2.05, 4.69) is 20.9 Å². The van der Waals surface area contributed by atoms with Crippen LogP contribution < -0.4 is 10.6 Å². The van der Waals surface area contributed by atoms with Gasteiger partial charge in [0.05, 0.1) is 13.2 Å². The zero-order chi connectivity index (χ0) is 17.4. The Labute approximate surface area is 140 Å². The lowest BCUT2D eigenvalue weighted by molar-refractivity contribution is 0.298. The molecule has 1 unspecified atom stereocenters. The van der Waals surface area contributed by atoms with Gasteiger partial charge in [-0.3, -0.25) is 10.8 Å². The summed E-state index contributed by atoms with van der Waals surface area (Å²) in [6.45, 7) is 5.01. The van der Waals surface area contributed by atoms with Crippen LogP contribution in [0.5, 0.6) is 0 Å². The minimum atomic E-state index is -1.33. The van der Waals surface area contributed by atoms with Crippen molar-refractivity contribution in [2.45, 2.75) is 36.7 Å². The maximum absolute atomic E-state index is 8.80. The van der Waals surface area contributed by atoms with Gasteiger partial charge in [0, 0.05) is 13.1 Å². The number of amidine groups is 2. The van der Waals surface area contributed by atoms with Crippen molar-refractivity contribution in [3.63, 3.8) is 0 Å². The number of azo groups is 1. The molecule has 0 radical (unpaired) electrons. The molecule has 0 aromatic carbocycles. The third kappa shape index (κ3) is 6.04. The van der Waals surface area contributed by atoms with Gasteiger partial charge >= 0.3 is 0 Å². The van der Waals surface area contributed by atoms with Gasteiger partial charge in [-0.25, -0.2) is 0 Å². The second kappa shape index (κ2) is 9.24. The molecule has 0 aliphatic rings. The lowest BCUT2D eigenvalue weighted by Gasteiger charge is -2.28. The summed E-state index contributed by atoms with van der Waals surface area (Å²) in [7, 11) is 0. The second-order valence-corrected chi connectivity index (χ2v) is 6.35. The number of aliphatic hydroxyl groups is 2. The van der Waals surface area contributed by atoms with Gasteiger partial charge in [-0.1, -0.05) is 0 Å². The number of aliphatic hydroxyl groups excluding tert-OH is 2. The van der Waals surface area contributed by atoms with Crippen molar-refractivity contribution < 1.29 is 10.2 Å². The second-order valence-electron chi connectivity index (χ2n) is 5.26. The number of rotatable bonds is 9. The van der Waals surface area contributed by atoms with E-state index in [1.165, 1.54) is 6.92 Å². The molecular formula is C12H24Cl2N6O2. The molecule has 128 valence electrons. The topological polar surface area (TPSA) is 137 Å². The van der Waals surface area contributed by atoms with E-state index < -0.39 is 15.9 Å². The Morgan fingerprint density at radius 1 is 1.00 bits per heavy atom. The molecule has 0 aromatic heterocycles. The van der Waals surface area contributed by atoms with E-state index in [4.69, 9.17) is 44.2 Å². The average Bonchev–Trinajstić information content (AvgIpc) is 2.47. The first-order valence-electron chi connectivity index (χ1n) is 6.71. The van der Waals surface area contributed by atoms with E-state index in [-0.39, 0.29) is 38.0 Å². The van der Waals surface area contributed by atoms with Crippen LogP contribution in [0.1, 0.15) is 20.8 Å². The highest BCUT2D eigenvalue weighted by atomic mass is 35.5. The van der Waals surface area contributed by atoms with E-state index >= 15 is 0 Å². The molecule has 0 saturated carbocycles. The molecule has 0 aliphatic carbocycles. The van der Waals surface area contributed by atoms with Crippen molar-refractivity contribution in [3.8, 4) is 0 Å². The van der Waals surface area contributed by atoms with E-state index in [0.29, 0.717) is 0 Å². The van der Waals surface area contributed by atoms with Crippen LogP contribution in [0.4, 0.5) is 0 Å². The Morgan fingerprint density at radius 3 is 1.86 bits per heavy atom. The van der Waals surface area contributed by atoms with E-state index in [9.17, 15) is 0 Å². The Balaban J connectivity index is 5.14. The molecule has 1 atom stereocenters. The summed E-state index contributed by atoms with van der Waals surface area (Å²) in [4.78, 5) is -1.04. The summed E-state index contributed by atoms with van der Waals surface area (Å²) < 4.78 is 0. The van der Waals surface area contributed by atoms with Crippen molar-refractivity contribution in [2.24, 2.45) is 10.2 Å². The van der Waals surface area contributed by atoms with Gasteiger partial charge in [-0.2, -0.15) is 10.2 Å². The molecule has 0 heterocycles. The minimum absolute atomic E-state index is 0.0724. The number of hydrogen-bond donors (Lipinski definition) is 6. The summed E-state index contributed by atoms with van der Waals surface area (Å²) in [5.74, 6) is -0.00543. The number of nitrogens with one attached hydrogen (secondary N) is 4. The average molecular weight is 355 g/mol. The molecule has 10 heteroatoms. The Morgan fingerprint density at radius 2 is 1.45 bits per heavy atom. The number of alkyl halides is 2. The minimum Gasteiger partial charge on any atom is -0.395 e. The Kier molecular flexibility index (Phi) is 8.84. The number of hydrogen-bond acceptors (Lipinski definition) is 6. The maximum Gasteiger partial charge on any atom is 0.165 e. The fourth-order valence-corrected chi connectivity index (χ4v) is 1.54. The first-order valence-corrected chi connectivity index (χ1v) is 7.58. The quantitative estimate of drug-likeness (QED) is 0.158. The van der Waals surface area contributed by atoms with Gasteiger partial charge in [0.2, 0.25) is 0 Å². The van der Waals surface area contributed by atoms with Crippen LogP contribution in [0.2, 0.25) is 0 Å². The van der Waals surface area contributed by atoms with Gasteiger partial charge in [0.25, 0.3) is 0 Å². The molecule has 0 fully saturated rings. The van der Waals surface area contributed by atoms with Crippen LogP contribution in [0.15, 0.2) is 10.2 Å². The smallest absolute Gasteiger partial charge is 0.165 e. The molecule has 0 spiro atoms. The van der Waals surface area contributed by atoms with E-state index in [1.807, 2.05) is 0 Å². The predicted octanol–water partition coefficient (Wildman–Crippen LogP) is 0.898. The Hall–Kier alpha value is -0.960. The number of nitrogens with zero attached hydrogens (tertiary/aromatic N) is 2. The van der Waals surface area contributed by atoms with Gasteiger partial charge in [0.1, 0.15) is 22.0 Å². The van der Waals surface area contributed by atoms with Crippen molar-refractivity contribution >= 4 is 34.9 Å². The third-order valence-electron chi connectivity index (χ3n) is 2.88. The summed E-state index contributed by atoms with van der Waals surface area (Å²) in [6.07, 6.45) is 0. The third-order valence-corrected chi connectivity index (χ3v) is 3.73. The summed E-state index contributed by atoms with van der Waals surface area (Å²) >= 11 is 11.8. The largest absolute Gasteiger partial charge is 0.395 e. The summed E-state index contributed by atoms with van der Waals surface area (Å²) in [5.41, 5.74) is -2.32. The maximum atomic E-state index is 8.80. The van der Waals surface area contributed by atoms with Gasteiger partial charge < -0.3 is 20.8 Å². The zero-order valence-electron chi connectivity index (χ0n) is 13.0. The molecule has 0 rings (SSSR count). The fourth-order valence-electron chi connectivity index (χ4n) is 1.24. The van der Waals surface area contributed by atoms with E-state index in [0.717, 1.165) is 0 Å². The van der Waals surface area contributed by atoms with Gasteiger partial charge in [-0.05, 0) is 20.8 Å². The van der Waals surface area contributed by atoms with Crippen LogP contribution >= 0.6 is 23.2 Å². The standard InChI is InChI=1S/C12H24Cl2N6O2/c1-11(2,9(15)17-4-6-21)19-20-12(3,8(13)14)10(16)18-5-7-22/h8,21-22H,4-7H2,1-3H3,(H2,15,17)(H2,16,18). The first-order chi connectivity index (χ1) is 10.1. The zero-order valence-corrected chi connectivity index (χ0v) is 14.5. The molecule has 6 N–H and O–H groups in total. The molecule has 0 amide bonds. The molecule has 0 aromatic rings. The van der Waals surface area contributed by atoms with E-state index in [1.54, 1.807) is 13.8 Å². The summed E-state index contributed by atoms with van der Waals surface area (Å²) in [5, 5.41) is 46.9. The van der Waals surface area contributed by atoms with Gasteiger partial charge in [-0.15, -0.1) is 23.2 Å². The number of halogens is 2. The highest BCUT2D eigenvalue weighted by Crippen LogP contribution is 2.27. The first kappa shape index (κ1) is 21.0. The van der Waals surface area contributed by atoms with Crippen LogP contribution in [-0.4, -0.2) is 64.1 Å².